The molecule has 9 nitrogen and oxygen atoms in total. The van der Waals surface area contributed by atoms with Gasteiger partial charge in [-0.2, -0.15) is 0 Å². The number of aromatic amines is 2. The molecule has 1 saturated carbocycles. The second-order valence-corrected chi connectivity index (χ2v) is 5.27. The summed E-state index contributed by atoms with van der Waals surface area (Å²) in [7, 11) is 0. The van der Waals surface area contributed by atoms with E-state index in [9.17, 15) is 0 Å². The summed E-state index contributed by atoms with van der Waals surface area (Å²) in [5.74, 6) is 1.22. The first kappa shape index (κ1) is 14.4. The number of fused-ring (bicyclic) bond motifs is 2. The smallest absolute Gasteiger partial charge is 0.181 e. The quantitative estimate of drug-likeness (QED) is 0.508. The molecule has 0 atom stereocenters. The number of nitrogens with zero attached hydrogens (tertiary/aromatic N) is 6. The van der Waals surface area contributed by atoms with E-state index in [-0.39, 0.29) is 6.61 Å². The van der Waals surface area contributed by atoms with Gasteiger partial charge in [0.1, 0.15) is 29.8 Å². The van der Waals surface area contributed by atoms with Crippen LogP contribution in [0.15, 0.2) is 30.6 Å². The van der Waals surface area contributed by atoms with Gasteiger partial charge in [-0.25, -0.2) is 29.9 Å². The lowest BCUT2D eigenvalue weighted by atomic mass is 10.5. The molecule has 0 saturated heterocycles. The van der Waals surface area contributed by atoms with Crippen LogP contribution in [0, 0.1) is 0 Å². The number of rotatable bonds is 2. The third-order valence-corrected chi connectivity index (χ3v) is 3.43. The van der Waals surface area contributed by atoms with Gasteiger partial charge in [0.2, 0.25) is 0 Å². The third-order valence-electron chi connectivity index (χ3n) is 3.43. The zero-order valence-electron chi connectivity index (χ0n) is 12.6. The minimum Gasteiger partial charge on any atom is -0.388 e. The van der Waals surface area contributed by atoms with Gasteiger partial charge >= 0.3 is 0 Å². The summed E-state index contributed by atoms with van der Waals surface area (Å²) in [5.41, 5.74) is 4.41. The first-order chi connectivity index (χ1) is 11.8. The van der Waals surface area contributed by atoms with Crippen LogP contribution in [0.2, 0.25) is 0 Å². The fourth-order valence-corrected chi connectivity index (χ4v) is 2.11. The lowest BCUT2D eigenvalue weighted by Gasteiger charge is -1.91. The van der Waals surface area contributed by atoms with Crippen LogP contribution in [0.1, 0.15) is 24.5 Å². The predicted molar refractivity (Wildman–Crippen MR) is 86.5 cm³/mol. The number of nitrogens with one attached hydrogen (secondary N) is 2. The molecule has 0 bridgehead atoms. The van der Waals surface area contributed by atoms with E-state index in [1.807, 2.05) is 6.08 Å². The van der Waals surface area contributed by atoms with Crippen molar-refractivity contribution in [1.29, 1.82) is 0 Å². The maximum absolute atomic E-state index is 8.88. The summed E-state index contributed by atoms with van der Waals surface area (Å²) in [6.45, 7) is -0.154. The van der Waals surface area contributed by atoms with E-state index in [0.29, 0.717) is 17.1 Å². The lowest BCUT2D eigenvalue weighted by molar-refractivity contribution is 0.272. The van der Waals surface area contributed by atoms with Crippen LogP contribution in [0.5, 0.6) is 0 Å². The van der Waals surface area contributed by atoms with Crippen molar-refractivity contribution in [3.8, 4) is 0 Å². The molecule has 0 spiro atoms. The van der Waals surface area contributed by atoms with Crippen LogP contribution in [-0.2, 0) is 6.61 Å². The number of aromatic nitrogens is 8. The molecule has 120 valence electrons. The molecule has 9 heteroatoms. The minimum absolute atomic E-state index is 0.154. The van der Waals surface area contributed by atoms with Crippen molar-refractivity contribution in [2.24, 2.45) is 0 Å². The molecule has 0 unspecified atom stereocenters. The SMILES string of the molecule is OCc1ncc2[nH]c(C=C3CC3)nc2n1.c1ncc2[nH]cnc2n1. The summed E-state index contributed by atoms with van der Waals surface area (Å²) in [6, 6.07) is 0. The minimum atomic E-state index is -0.154. The molecule has 4 aromatic heterocycles. The molecule has 4 aromatic rings. The molecule has 1 fully saturated rings. The Bertz CT molecular complexity index is 982. The Morgan fingerprint density at radius 2 is 1.96 bits per heavy atom. The van der Waals surface area contributed by atoms with Crippen molar-refractivity contribution in [2.75, 3.05) is 0 Å². The predicted octanol–water partition coefficient (Wildman–Crippen LogP) is 1.38. The topological polar surface area (TPSA) is 129 Å². The molecule has 5 rings (SSSR count). The first-order valence-corrected chi connectivity index (χ1v) is 7.43. The second-order valence-electron chi connectivity index (χ2n) is 5.27. The highest BCUT2D eigenvalue weighted by Gasteiger charge is 2.12. The fraction of sp³-hybridized carbons (Fsp3) is 0.200. The first-order valence-electron chi connectivity index (χ1n) is 7.43. The number of imidazole rings is 2. The molecule has 24 heavy (non-hydrogen) atoms. The highest BCUT2D eigenvalue weighted by molar-refractivity contribution is 5.72. The summed E-state index contributed by atoms with van der Waals surface area (Å²) >= 11 is 0. The Balaban J connectivity index is 0.000000138. The van der Waals surface area contributed by atoms with E-state index >= 15 is 0 Å². The van der Waals surface area contributed by atoms with Crippen molar-refractivity contribution >= 4 is 28.4 Å². The molecule has 0 aliphatic heterocycles. The van der Waals surface area contributed by atoms with Crippen molar-refractivity contribution in [1.82, 2.24) is 39.9 Å². The Hall–Kier alpha value is -3.20. The van der Waals surface area contributed by atoms with Gasteiger partial charge in [-0.05, 0) is 18.9 Å². The molecular formula is C15H14N8O. The maximum Gasteiger partial charge on any atom is 0.181 e. The van der Waals surface area contributed by atoms with Crippen LogP contribution in [0.4, 0.5) is 0 Å². The van der Waals surface area contributed by atoms with E-state index in [0.717, 1.165) is 16.9 Å². The summed E-state index contributed by atoms with van der Waals surface area (Å²) in [6.07, 6.45) is 10.8. The van der Waals surface area contributed by atoms with E-state index < -0.39 is 0 Å². The molecule has 1 aliphatic rings. The van der Waals surface area contributed by atoms with Gasteiger partial charge in [-0.3, -0.25) is 0 Å². The van der Waals surface area contributed by atoms with E-state index in [1.165, 1.54) is 24.7 Å². The fourth-order valence-electron chi connectivity index (χ4n) is 2.11. The monoisotopic (exact) mass is 322 g/mol. The average Bonchev–Trinajstić information content (AvgIpc) is 3.14. The van der Waals surface area contributed by atoms with Crippen LogP contribution in [-0.4, -0.2) is 45.0 Å². The van der Waals surface area contributed by atoms with Gasteiger partial charge in [0, 0.05) is 0 Å². The number of aliphatic hydroxyl groups is 1. The molecule has 0 radical (unpaired) electrons. The van der Waals surface area contributed by atoms with E-state index in [1.54, 1.807) is 18.7 Å². The standard InChI is InChI=1S/C10H10N4O.C5H4N4/c15-5-9-11-4-7-10(14-9)13-8(12-7)3-6-1-2-6;1-4-5(8-2-6-1)9-3-7-4/h3-4,15H,1-2,5H2,(H,11,12,13,14);1-3H,(H,6,7,8,9). The molecule has 0 aromatic carbocycles. The number of hydrogen-bond donors (Lipinski definition) is 3. The zero-order chi connectivity index (χ0) is 16.4. The van der Waals surface area contributed by atoms with Crippen LogP contribution in [0.25, 0.3) is 28.4 Å². The van der Waals surface area contributed by atoms with Gasteiger partial charge < -0.3 is 15.1 Å². The largest absolute Gasteiger partial charge is 0.388 e. The van der Waals surface area contributed by atoms with Gasteiger partial charge in [0.05, 0.1) is 18.7 Å². The normalized spacial score (nSPS) is 13.0. The van der Waals surface area contributed by atoms with E-state index in [4.69, 9.17) is 5.11 Å². The van der Waals surface area contributed by atoms with Crippen LogP contribution >= 0.6 is 0 Å². The summed E-state index contributed by atoms with van der Waals surface area (Å²) < 4.78 is 0. The average molecular weight is 322 g/mol. The maximum atomic E-state index is 8.88. The van der Waals surface area contributed by atoms with Crippen LogP contribution in [0.3, 0.4) is 0 Å². The number of allylic oxidation sites excluding steroid dienone is 1. The highest BCUT2D eigenvalue weighted by Crippen LogP contribution is 2.29. The Morgan fingerprint density at radius 3 is 2.75 bits per heavy atom. The lowest BCUT2D eigenvalue weighted by Crippen LogP contribution is -1.93. The summed E-state index contributed by atoms with van der Waals surface area (Å²) in [5, 5.41) is 8.88. The molecule has 1 aliphatic carbocycles. The van der Waals surface area contributed by atoms with Gasteiger partial charge in [-0.1, -0.05) is 5.57 Å². The third kappa shape index (κ3) is 3.10. The molecule has 0 amide bonds. The number of aliphatic hydroxyl groups excluding tert-OH is 1. The zero-order valence-corrected chi connectivity index (χ0v) is 12.6. The Morgan fingerprint density at radius 1 is 1.04 bits per heavy atom. The Kier molecular flexibility index (Phi) is 3.67. The van der Waals surface area contributed by atoms with Crippen molar-refractivity contribution in [2.45, 2.75) is 19.4 Å². The molecular weight excluding hydrogens is 308 g/mol. The molecule has 3 N–H and O–H groups in total. The Labute approximate surface area is 136 Å². The van der Waals surface area contributed by atoms with Crippen LogP contribution < -0.4 is 0 Å². The van der Waals surface area contributed by atoms with Crippen molar-refractivity contribution < 1.29 is 5.11 Å². The van der Waals surface area contributed by atoms with Crippen molar-refractivity contribution in [3.05, 3.63) is 42.3 Å². The van der Waals surface area contributed by atoms with E-state index in [2.05, 4.69) is 39.9 Å². The second kappa shape index (κ2) is 6.13. The highest BCUT2D eigenvalue weighted by atomic mass is 16.3. The number of H-pyrrole nitrogens is 2. The summed E-state index contributed by atoms with van der Waals surface area (Å²) in [4.78, 5) is 30.0. The van der Waals surface area contributed by atoms with Gasteiger partial charge in [0.15, 0.2) is 17.1 Å². The molecule has 4 heterocycles. The number of hydrogen-bond acceptors (Lipinski definition) is 7. The van der Waals surface area contributed by atoms with Crippen molar-refractivity contribution in [3.63, 3.8) is 0 Å². The van der Waals surface area contributed by atoms with Gasteiger partial charge in [-0.15, -0.1) is 0 Å². The van der Waals surface area contributed by atoms with Gasteiger partial charge in [0.25, 0.3) is 0 Å².